The van der Waals surface area contributed by atoms with Crippen molar-refractivity contribution in [1.82, 2.24) is 10.3 Å². The Morgan fingerprint density at radius 2 is 1.96 bits per heavy atom. The Hall–Kier alpha value is -2.63. The molecule has 28 heavy (non-hydrogen) atoms. The summed E-state index contributed by atoms with van der Waals surface area (Å²) in [5.74, 6) is -0.0358. The van der Waals surface area contributed by atoms with Crippen LogP contribution in [-0.4, -0.2) is 28.7 Å². The number of rotatable bonds is 6. The number of carbonyl (C=O) groups excluding carboxylic acids is 2. The summed E-state index contributed by atoms with van der Waals surface area (Å²) >= 11 is 0. The first-order valence-corrected chi connectivity index (χ1v) is 9.75. The Morgan fingerprint density at radius 1 is 1.25 bits per heavy atom. The summed E-state index contributed by atoms with van der Waals surface area (Å²) in [4.78, 5) is 28.9. The van der Waals surface area contributed by atoms with Gasteiger partial charge >= 0.3 is 12.1 Å². The number of hydrogen-bond acceptors (Lipinski definition) is 5. The zero-order valence-electron chi connectivity index (χ0n) is 16.9. The molecule has 3 rings (SSSR count). The topological polar surface area (TPSA) is 77.5 Å². The molecular formula is C22H28N2O4. The lowest BCUT2D eigenvalue weighted by atomic mass is 10.1. The van der Waals surface area contributed by atoms with Crippen molar-refractivity contribution < 1.29 is 19.1 Å². The summed E-state index contributed by atoms with van der Waals surface area (Å²) < 4.78 is 10.9. The minimum atomic E-state index is -0.573. The van der Waals surface area contributed by atoms with E-state index in [9.17, 15) is 9.59 Å². The van der Waals surface area contributed by atoms with Gasteiger partial charge in [0.25, 0.3) is 0 Å². The maximum absolute atomic E-state index is 12.5. The fourth-order valence-corrected chi connectivity index (χ4v) is 3.10. The van der Waals surface area contributed by atoms with Crippen LogP contribution < -0.4 is 5.32 Å². The average Bonchev–Trinajstić information content (AvgIpc) is 3.44. The number of alkyl carbamates (subject to hydrolysis) is 1. The molecule has 1 aromatic carbocycles. The normalized spacial score (nSPS) is 16.3. The number of nitrogens with zero attached hydrogens (tertiary/aromatic N) is 1. The lowest BCUT2D eigenvalue weighted by Crippen LogP contribution is -2.41. The lowest BCUT2D eigenvalue weighted by Gasteiger charge is -2.23. The van der Waals surface area contributed by atoms with E-state index < -0.39 is 17.8 Å². The first kappa shape index (κ1) is 20.1. The quantitative estimate of drug-likeness (QED) is 0.740. The molecule has 0 unspecified atom stereocenters. The van der Waals surface area contributed by atoms with Crippen molar-refractivity contribution in [2.24, 2.45) is 5.92 Å². The highest BCUT2D eigenvalue weighted by Gasteiger charge is 2.35. The second kappa shape index (κ2) is 8.17. The molecule has 1 aromatic heterocycles. The number of esters is 1. The Balaban J connectivity index is 1.58. The van der Waals surface area contributed by atoms with Crippen LogP contribution in [0, 0.1) is 5.92 Å². The third-order valence-electron chi connectivity index (χ3n) is 4.67. The predicted octanol–water partition coefficient (Wildman–Crippen LogP) is 4.53. The molecule has 1 aliphatic rings. The molecule has 0 radical (unpaired) electrons. The molecule has 0 saturated heterocycles. The van der Waals surface area contributed by atoms with Crippen molar-refractivity contribution >= 4 is 23.0 Å². The van der Waals surface area contributed by atoms with Crippen molar-refractivity contribution in [2.75, 3.05) is 0 Å². The minimum Gasteiger partial charge on any atom is -0.458 e. The van der Waals surface area contributed by atoms with Crippen LogP contribution in [0.2, 0.25) is 0 Å². The van der Waals surface area contributed by atoms with Gasteiger partial charge in [-0.15, -0.1) is 0 Å². The molecule has 1 saturated carbocycles. The van der Waals surface area contributed by atoms with Crippen LogP contribution >= 0.6 is 0 Å². The zero-order chi connectivity index (χ0) is 20.3. The SMILES string of the molecule is C[C@H](OC(=O)C[C@@H](NC(=O)OC(C)(C)C)C1CC1)c1cnc2ccccc2c1. The van der Waals surface area contributed by atoms with Gasteiger partial charge in [0.1, 0.15) is 11.7 Å². The number of amides is 1. The third kappa shape index (κ3) is 5.68. The van der Waals surface area contributed by atoms with Crippen molar-refractivity contribution in [3.63, 3.8) is 0 Å². The summed E-state index contributed by atoms with van der Waals surface area (Å²) in [5.41, 5.74) is 1.17. The van der Waals surface area contributed by atoms with E-state index in [0.717, 1.165) is 29.3 Å². The molecule has 6 heteroatoms. The van der Waals surface area contributed by atoms with Crippen LogP contribution in [0.4, 0.5) is 4.79 Å². The molecule has 1 amide bonds. The number of aromatic nitrogens is 1. The number of para-hydroxylation sites is 1. The monoisotopic (exact) mass is 384 g/mol. The lowest BCUT2D eigenvalue weighted by molar-refractivity contribution is -0.149. The Bertz CT molecular complexity index is 855. The van der Waals surface area contributed by atoms with Crippen molar-refractivity contribution in [1.29, 1.82) is 0 Å². The Kier molecular flexibility index (Phi) is 5.87. The summed E-state index contributed by atoms with van der Waals surface area (Å²) in [6.45, 7) is 7.27. The van der Waals surface area contributed by atoms with Gasteiger partial charge in [-0.25, -0.2) is 4.79 Å². The highest BCUT2D eigenvalue weighted by molar-refractivity contribution is 5.79. The summed E-state index contributed by atoms with van der Waals surface area (Å²) in [7, 11) is 0. The van der Waals surface area contributed by atoms with Gasteiger partial charge in [-0.3, -0.25) is 9.78 Å². The van der Waals surface area contributed by atoms with Gasteiger partial charge < -0.3 is 14.8 Å². The minimum absolute atomic E-state index is 0.134. The van der Waals surface area contributed by atoms with Crippen LogP contribution in [0.25, 0.3) is 10.9 Å². The maximum atomic E-state index is 12.5. The van der Waals surface area contributed by atoms with Gasteiger partial charge in [-0.1, -0.05) is 18.2 Å². The highest BCUT2D eigenvalue weighted by Crippen LogP contribution is 2.34. The number of fused-ring (bicyclic) bond motifs is 1. The second-order valence-electron chi connectivity index (χ2n) is 8.39. The Labute approximate surface area is 165 Å². The van der Waals surface area contributed by atoms with E-state index in [2.05, 4.69) is 10.3 Å². The van der Waals surface area contributed by atoms with E-state index in [4.69, 9.17) is 9.47 Å². The number of carbonyl (C=O) groups is 2. The molecule has 2 aromatic rings. The zero-order valence-corrected chi connectivity index (χ0v) is 16.9. The van der Waals surface area contributed by atoms with E-state index in [-0.39, 0.29) is 18.4 Å². The third-order valence-corrected chi connectivity index (χ3v) is 4.67. The molecular weight excluding hydrogens is 356 g/mol. The molecule has 150 valence electrons. The smallest absolute Gasteiger partial charge is 0.407 e. The van der Waals surface area contributed by atoms with Crippen LogP contribution in [0.3, 0.4) is 0 Å². The largest absolute Gasteiger partial charge is 0.458 e. The first-order chi connectivity index (χ1) is 13.2. The summed E-state index contributed by atoms with van der Waals surface area (Å²) in [5, 5.41) is 3.83. The molecule has 2 atom stereocenters. The molecule has 1 fully saturated rings. The van der Waals surface area contributed by atoms with Crippen LogP contribution in [0.5, 0.6) is 0 Å². The maximum Gasteiger partial charge on any atom is 0.407 e. The van der Waals surface area contributed by atoms with E-state index >= 15 is 0 Å². The van der Waals surface area contributed by atoms with Gasteiger partial charge in [0.05, 0.1) is 11.9 Å². The molecule has 1 heterocycles. The number of hydrogen-bond donors (Lipinski definition) is 1. The Morgan fingerprint density at radius 3 is 2.64 bits per heavy atom. The number of nitrogens with one attached hydrogen (secondary N) is 1. The number of ether oxygens (including phenoxy) is 2. The van der Waals surface area contributed by atoms with E-state index in [1.54, 1.807) is 6.20 Å². The molecule has 0 aliphatic heterocycles. The van der Waals surface area contributed by atoms with Crippen LogP contribution in [0.15, 0.2) is 36.5 Å². The molecule has 1 N–H and O–H groups in total. The predicted molar refractivity (Wildman–Crippen MR) is 107 cm³/mol. The number of pyridine rings is 1. The summed E-state index contributed by atoms with van der Waals surface area (Å²) in [6.07, 6.45) is 2.96. The fourth-order valence-electron chi connectivity index (χ4n) is 3.10. The second-order valence-corrected chi connectivity index (χ2v) is 8.39. The fraction of sp³-hybridized carbons (Fsp3) is 0.500. The number of benzene rings is 1. The van der Waals surface area contributed by atoms with Crippen LogP contribution in [-0.2, 0) is 14.3 Å². The summed E-state index contributed by atoms with van der Waals surface area (Å²) in [6, 6.07) is 9.54. The van der Waals surface area contributed by atoms with Gasteiger partial charge in [-0.2, -0.15) is 0 Å². The van der Waals surface area contributed by atoms with Gasteiger partial charge in [-0.05, 0) is 58.6 Å². The standard InChI is InChI=1S/C22H28N2O4/c1-14(17-11-16-7-5-6-8-18(16)23-13-17)27-20(25)12-19(15-9-10-15)24-21(26)28-22(2,3)4/h5-8,11,13-15,19H,9-10,12H2,1-4H3,(H,24,26)/t14-,19+/m0/s1. The van der Waals surface area contributed by atoms with Gasteiger partial charge in [0.15, 0.2) is 0 Å². The molecule has 0 spiro atoms. The highest BCUT2D eigenvalue weighted by atomic mass is 16.6. The van der Waals surface area contributed by atoms with Crippen molar-refractivity contribution in [3.05, 3.63) is 42.1 Å². The van der Waals surface area contributed by atoms with Gasteiger partial charge in [0.2, 0.25) is 0 Å². The van der Waals surface area contributed by atoms with E-state index in [1.165, 1.54) is 0 Å². The van der Waals surface area contributed by atoms with E-state index in [0.29, 0.717) is 5.92 Å². The molecule has 1 aliphatic carbocycles. The van der Waals surface area contributed by atoms with E-state index in [1.807, 2.05) is 58.0 Å². The van der Waals surface area contributed by atoms with Crippen LogP contribution in [0.1, 0.15) is 58.6 Å². The molecule has 6 nitrogen and oxygen atoms in total. The first-order valence-electron chi connectivity index (χ1n) is 9.75. The van der Waals surface area contributed by atoms with Crippen molar-refractivity contribution in [2.45, 2.75) is 64.7 Å². The van der Waals surface area contributed by atoms with Crippen molar-refractivity contribution in [3.8, 4) is 0 Å². The average molecular weight is 384 g/mol. The molecule has 0 bridgehead atoms. The van der Waals surface area contributed by atoms with Gasteiger partial charge in [0, 0.05) is 23.2 Å².